The third-order valence-corrected chi connectivity index (χ3v) is 9.75. The third-order valence-electron chi connectivity index (χ3n) is 7.52. The van der Waals surface area contributed by atoms with Gasteiger partial charge < -0.3 is 29.5 Å². The molecule has 0 saturated carbocycles. The van der Waals surface area contributed by atoms with Crippen LogP contribution in [0.2, 0.25) is 0 Å². The summed E-state index contributed by atoms with van der Waals surface area (Å²) < 4.78 is 0. The maximum Gasteiger partial charge on any atom is 0.151 e. The van der Waals surface area contributed by atoms with E-state index in [1.54, 1.807) is 31.0 Å². The summed E-state index contributed by atoms with van der Waals surface area (Å²) in [5, 5.41) is 51.4. The number of pyridine rings is 5. The number of hydrogen-bond acceptors (Lipinski definition) is 16. The van der Waals surface area contributed by atoms with E-state index in [1.165, 1.54) is 35.3 Å². The normalized spacial score (nSPS) is 9.80. The van der Waals surface area contributed by atoms with Crippen LogP contribution in [0.15, 0.2) is 79.5 Å². The van der Waals surface area contributed by atoms with Crippen LogP contribution in [-0.2, 0) is 36.5 Å². The molecule has 56 heavy (non-hydrogen) atoms. The maximum absolute atomic E-state index is 8.91. The fraction of sp³-hybridized carbons (Fsp3) is 0.162. The van der Waals surface area contributed by atoms with Crippen LogP contribution in [0.3, 0.4) is 0 Å². The lowest BCUT2D eigenvalue weighted by Crippen LogP contribution is -2.06. The number of nitrogens with zero attached hydrogens (tertiary/aromatic N) is 8. The van der Waals surface area contributed by atoms with Gasteiger partial charge in [-0.15, -0.1) is 0 Å². The molecule has 286 valence electrons. The van der Waals surface area contributed by atoms with Crippen molar-refractivity contribution in [3.8, 4) is 18.2 Å². The van der Waals surface area contributed by atoms with E-state index in [0.717, 1.165) is 66.4 Å². The lowest BCUT2D eigenvalue weighted by atomic mass is 10.0. The minimum absolute atomic E-state index is 0. The van der Waals surface area contributed by atoms with E-state index in [0.29, 0.717) is 23.7 Å². The number of nitrogens with two attached hydrogens (primary N) is 3. The summed E-state index contributed by atoms with van der Waals surface area (Å²) in [5.41, 5.74) is 23.7. The molecule has 0 aliphatic heterocycles. The van der Waals surface area contributed by atoms with Gasteiger partial charge in [-0.1, -0.05) is 59.6 Å². The smallest absolute Gasteiger partial charge is 0.151 e. The molecule has 0 atom stereocenters. The molecule has 0 aliphatic carbocycles. The second-order valence-corrected chi connectivity index (χ2v) is 14.0. The molecule has 0 spiro atoms. The third kappa shape index (κ3) is 12.9. The van der Waals surface area contributed by atoms with Crippen LogP contribution in [0.25, 0.3) is 32.7 Å². The Morgan fingerprint density at radius 3 is 1.68 bits per heavy atom. The summed E-state index contributed by atoms with van der Waals surface area (Å²) in [4.78, 5) is 21.5. The predicted octanol–water partition coefficient (Wildman–Crippen LogP) is 6.40. The van der Waals surface area contributed by atoms with Crippen LogP contribution in [0, 0.1) is 50.2 Å². The van der Waals surface area contributed by atoms with E-state index in [4.69, 9.17) is 49.2 Å². The van der Waals surface area contributed by atoms with E-state index < -0.39 is 0 Å². The van der Waals surface area contributed by atoms with Gasteiger partial charge in [-0.3, -0.25) is 41.1 Å². The van der Waals surface area contributed by atoms with Crippen molar-refractivity contribution in [1.82, 2.24) is 37.2 Å². The van der Waals surface area contributed by atoms with Crippen molar-refractivity contribution < 1.29 is 0 Å². The standard InChI is InChI=1S/C13H12N4S.2C12H11N5S.2H3N/c14-6-5-9-3-4-10(8-18-13(15)16)11-2-1-7-17-12(9)11;13-4-3-9-8-2-1-5-16-10(8)6-17-11(9)7-18-12(14)15;13-4-3-9-10(7-18-12(14)15)17-6-8-2-1-5-16-11(8)9;;/h1-4,7H,5,8H2,(H3,15,16);2*1-2,5-6H,3,7H2,(H3,14,15);2*1H3. The van der Waals surface area contributed by atoms with Crippen LogP contribution in [0.1, 0.15) is 33.6 Å². The van der Waals surface area contributed by atoms with Gasteiger partial charge in [0.05, 0.1) is 71.6 Å². The summed E-state index contributed by atoms with van der Waals surface area (Å²) in [7, 11) is 0. The molecule has 0 radical (unpaired) electrons. The molecule has 0 aliphatic rings. The first kappa shape index (κ1) is 45.8. The molecular formula is C37H40N16S3. The first-order valence-corrected chi connectivity index (χ1v) is 18.9. The number of thioether (sulfide) groups is 3. The molecule has 16 nitrogen and oxygen atoms in total. The molecule has 0 fully saturated rings. The van der Waals surface area contributed by atoms with Crippen molar-refractivity contribution >= 4 is 83.5 Å². The molecule has 19 heteroatoms. The lowest BCUT2D eigenvalue weighted by molar-refractivity contribution is 1.10. The topological polar surface area (TPSA) is 355 Å². The van der Waals surface area contributed by atoms with E-state index in [9.17, 15) is 0 Å². The highest BCUT2D eigenvalue weighted by Crippen LogP contribution is 2.26. The molecule has 15 N–H and O–H groups in total. The average molecular weight is 805 g/mol. The maximum atomic E-state index is 8.91. The van der Waals surface area contributed by atoms with Crippen LogP contribution in [0.4, 0.5) is 0 Å². The summed E-state index contributed by atoms with van der Waals surface area (Å²) in [5.74, 6) is 1.63. The van der Waals surface area contributed by atoms with Gasteiger partial charge >= 0.3 is 0 Å². The van der Waals surface area contributed by atoms with Crippen molar-refractivity contribution in [3.05, 3.63) is 113 Å². The first-order chi connectivity index (χ1) is 26.2. The highest BCUT2D eigenvalue weighted by molar-refractivity contribution is 8.13. The number of nitrogens with one attached hydrogen (secondary N) is 3. The second kappa shape index (κ2) is 23.4. The van der Waals surface area contributed by atoms with Crippen LogP contribution >= 0.6 is 35.3 Å². The van der Waals surface area contributed by atoms with Gasteiger partial charge in [-0.05, 0) is 41.0 Å². The second-order valence-electron chi connectivity index (χ2n) is 11.0. The number of nitriles is 3. The SMILES string of the molecule is N.N.N#CCc1c(CSC(=N)N)ncc2cccnc12.N#CCc1c(CSC(=N)N)ncc2ncccc12.N#CCc1ccc(CSC(=N)N)c2cccnc12. The Morgan fingerprint density at radius 1 is 0.554 bits per heavy atom. The Balaban J connectivity index is 0.000000285. The predicted molar refractivity (Wildman–Crippen MR) is 228 cm³/mol. The average Bonchev–Trinajstić information content (AvgIpc) is 3.17. The zero-order chi connectivity index (χ0) is 38.9. The number of fused-ring (bicyclic) bond motifs is 3. The van der Waals surface area contributed by atoms with Gasteiger partial charge in [-0.2, -0.15) is 15.8 Å². The first-order valence-electron chi connectivity index (χ1n) is 16.0. The molecule has 6 aromatic rings. The summed E-state index contributed by atoms with van der Waals surface area (Å²) >= 11 is 3.68. The van der Waals surface area contributed by atoms with E-state index in [2.05, 4.69) is 43.1 Å². The molecule has 6 rings (SSSR count). The number of aromatic nitrogens is 5. The summed E-state index contributed by atoms with van der Waals surface area (Å²) in [6.45, 7) is 0. The van der Waals surface area contributed by atoms with Crippen LogP contribution in [-0.4, -0.2) is 40.4 Å². The lowest BCUT2D eigenvalue weighted by Gasteiger charge is -2.08. The number of hydrogen-bond donors (Lipinski definition) is 8. The Hall–Kier alpha value is -6.40. The molecule has 0 unspecified atom stereocenters. The Morgan fingerprint density at radius 2 is 1.05 bits per heavy atom. The number of amidine groups is 3. The van der Waals surface area contributed by atoms with E-state index in [1.807, 2.05) is 48.5 Å². The fourth-order valence-corrected chi connectivity index (χ4v) is 6.81. The fourth-order valence-electron chi connectivity index (χ4n) is 5.17. The summed E-state index contributed by atoms with van der Waals surface area (Å²) in [6.07, 6.45) is 9.44. The molecule has 5 heterocycles. The monoisotopic (exact) mass is 804 g/mol. The molecule has 0 saturated heterocycles. The van der Waals surface area contributed by atoms with Gasteiger partial charge in [-0.25, -0.2) is 0 Å². The van der Waals surface area contributed by atoms with Gasteiger partial charge in [0, 0.05) is 63.8 Å². The minimum Gasteiger partial charge on any atom is -0.379 e. The molecule has 0 amide bonds. The highest BCUT2D eigenvalue weighted by Gasteiger charge is 2.12. The van der Waals surface area contributed by atoms with Crippen molar-refractivity contribution in [1.29, 1.82) is 32.0 Å². The largest absolute Gasteiger partial charge is 0.379 e. The van der Waals surface area contributed by atoms with Gasteiger partial charge in [0.1, 0.15) is 0 Å². The van der Waals surface area contributed by atoms with Crippen molar-refractivity contribution in [3.63, 3.8) is 0 Å². The number of rotatable bonds is 9. The van der Waals surface area contributed by atoms with Gasteiger partial charge in [0.15, 0.2) is 15.5 Å². The quantitative estimate of drug-likeness (QED) is 0.0579. The van der Waals surface area contributed by atoms with Gasteiger partial charge in [0.2, 0.25) is 0 Å². The van der Waals surface area contributed by atoms with E-state index in [-0.39, 0.29) is 40.6 Å². The molecular weight excluding hydrogens is 765 g/mol. The molecule has 0 bridgehead atoms. The Labute approximate surface area is 336 Å². The zero-order valence-electron chi connectivity index (χ0n) is 30.2. The summed E-state index contributed by atoms with van der Waals surface area (Å²) in [6, 6.07) is 21.7. The van der Waals surface area contributed by atoms with Crippen molar-refractivity contribution in [2.24, 2.45) is 17.2 Å². The van der Waals surface area contributed by atoms with Crippen LogP contribution < -0.4 is 29.5 Å². The number of benzene rings is 1. The van der Waals surface area contributed by atoms with Gasteiger partial charge in [0.25, 0.3) is 0 Å². The highest BCUT2D eigenvalue weighted by atomic mass is 32.2. The van der Waals surface area contributed by atoms with Crippen LogP contribution in [0.5, 0.6) is 0 Å². The van der Waals surface area contributed by atoms with Crippen molar-refractivity contribution in [2.45, 2.75) is 36.5 Å². The molecule has 1 aromatic carbocycles. The minimum atomic E-state index is 0. The Kier molecular flexibility index (Phi) is 19.1. The van der Waals surface area contributed by atoms with E-state index >= 15 is 0 Å². The molecule has 5 aromatic heterocycles. The Bertz CT molecular complexity index is 2320. The zero-order valence-corrected chi connectivity index (χ0v) is 32.6. The van der Waals surface area contributed by atoms with Crippen molar-refractivity contribution in [2.75, 3.05) is 0 Å².